The summed E-state index contributed by atoms with van der Waals surface area (Å²) in [6.45, 7) is 31.7. The van der Waals surface area contributed by atoms with Crippen LogP contribution in [0.1, 0.15) is 157 Å². The van der Waals surface area contributed by atoms with Gasteiger partial charge in [0.15, 0.2) is 0 Å². The number of rotatable bonds is 2. The molecule has 7 aliphatic rings. The van der Waals surface area contributed by atoms with E-state index in [1.807, 2.05) is 0 Å². The minimum Gasteiger partial charge on any atom is -0.334 e. The maximum absolute atomic E-state index is 2.87. The Bertz CT molecular complexity index is 3900. The van der Waals surface area contributed by atoms with E-state index in [2.05, 4.69) is 244 Å². The van der Waals surface area contributed by atoms with Gasteiger partial charge in [-0.1, -0.05) is 172 Å². The van der Waals surface area contributed by atoms with E-state index in [4.69, 9.17) is 0 Å². The topological polar surface area (TPSA) is 9.72 Å². The molecule has 0 aromatic heterocycles. The van der Waals surface area contributed by atoms with Crippen LogP contribution in [0.5, 0.6) is 0 Å². The zero-order chi connectivity index (χ0) is 51.8. The lowest BCUT2D eigenvalue weighted by Gasteiger charge is -2.52. The quantitative estimate of drug-likeness (QED) is 0.160. The number of anilines is 8. The van der Waals surface area contributed by atoms with Crippen LogP contribution in [0, 0.1) is 13.8 Å². The molecule has 4 aliphatic heterocycles. The molecular weight excluding hydrogens is 906 g/mol. The Labute approximate surface area is 446 Å². The summed E-state index contributed by atoms with van der Waals surface area (Å²) in [7, 11) is 0. The monoisotopic (exact) mass is 976 g/mol. The molecule has 1 fully saturated rings. The first-order chi connectivity index (χ1) is 35.7. The number of benzene rings is 8. The van der Waals surface area contributed by atoms with Crippen LogP contribution in [0.25, 0.3) is 22.3 Å². The summed E-state index contributed by atoms with van der Waals surface area (Å²) in [5.74, 6) is 0. The van der Waals surface area contributed by atoms with Gasteiger partial charge >= 0.3 is 0 Å². The van der Waals surface area contributed by atoms with Crippen molar-refractivity contribution in [1.82, 2.24) is 0 Å². The van der Waals surface area contributed by atoms with E-state index in [0.29, 0.717) is 0 Å². The lowest BCUT2D eigenvalue weighted by atomic mass is 9.32. The van der Waals surface area contributed by atoms with Gasteiger partial charge < -0.3 is 14.7 Å². The Balaban J connectivity index is 1.10. The van der Waals surface area contributed by atoms with Gasteiger partial charge in [0.2, 0.25) is 0 Å². The summed E-state index contributed by atoms with van der Waals surface area (Å²) >= 11 is 0. The molecule has 8 aromatic carbocycles. The molecule has 0 spiro atoms. The first-order valence-corrected chi connectivity index (χ1v) is 28.2. The Hall–Kier alpha value is -6.78. The van der Waals surface area contributed by atoms with Crippen molar-refractivity contribution in [3.63, 3.8) is 0 Å². The number of hydrogen-bond donors (Lipinski definition) is 0. The predicted molar refractivity (Wildman–Crippen MR) is 319 cm³/mol. The fourth-order valence-electron chi connectivity index (χ4n) is 16.7. The van der Waals surface area contributed by atoms with Crippen LogP contribution in [0.3, 0.4) is 0 Å². The molecule has 3 nitrogen and oxygen atoms in total. The van der Waals surface area contributed by atoms with Gasteiger partial charge in [-0.3, -0.25) is 0 Å². The molecule has 0 radical (unpaired) electrons. The highest BCUT2D eigenvalue weighted by Gasteiger charge is 2.60. The second-order valence-electron chi connectivity index (χ2n) is 27.1. The lowest BCUT2D eigenvalue weighted by molar-refractivity contribution is 0.194. The van der Waals surface area contributed by atoms with Crippen LogP contribution in [0.2, 0.25) is 0 Å². The maximum atomic E-state index is 2.87. The van der Waals surface area contributed by atoms with Gasteiger partial charge in [-0.05, 0) is 188 Å². The standard InChI is InChI=1S/C71H70BN3/c1-41-33-42(2)62-59(34-41)75(70(12)32-19-18-31-69(62,70)11)46-39-60-64-61(40-46)74-58-26-20-23-50-48-22-15-17-25-52(48)71(13,63(50)58)54-35-44(67(6,7)8)37-56(65(54)74)72(64)55-36-43(66(3,4)5)27-30-57(55)73(60)45-28-29-49-47-21-14-16-24-51(47)68(9,10)53(49)38-45/h14-17,20-30,33-40H,18-19,31-32H2,1-13H3. The van der Waals surface area contributed by atoms with Crippen LogP contribution in [-0.4, -0.2) is 12.3 Å². The Kier molecular flexibility index (Phi) is 8.74. The minimum atomic E-state index is -0.353. The third-order valence-electron chi connectivity index (χ3n) is 20.6. The van der Waals surface area contributed by atoms with Crippen LogP contribution in [-0.2, 0) is 27.1 Å². The summed E-state index contributed by atoms with van der Waals surface area (Å²) in [5.41, 5.74) is 33.4. The van der Waals surface area contributed by atoms with Crippen molar-refractivity contribution in [3.05, 3.63) is 195 Å². The molecule has 3 atom stereocenters. The highest BCUT2D eigenvalue weighted by molar-refractivity contribution is 7.00. The van der Waals surface area contributed by atoms with Gasteiger partial charge in [0.05, 0.1) is 11.2 Å². The highest BCUT2D eigenvalue weighted by atomic mass is 15.3. The highest BCUT2D eigenvalue weighted by Crippen LogP contribution is 2.66. The van der Waals surface area contributed by atoms with Gasteiger partial charge in [-0.2, -0.15) is 0 Å². The van der Waals surface area contributed by atoms with Crippen molar-refractivity contribution in [2.24, 2.45) is 0 Å². The van der Waals surface area contributed by atoms with E-state index in [1.165, 1.54) is 153 Å². The Morgan fingerprint density at radius 3 is 1.87 bits per heavy atom. The molecule has 372 valence electrons. The van der Waals surface area contributed by atoms with Gasteiger partial charge in [-0.15, -0.1) is 0 Å². The van der Waals surface area contributed by atoms with Crippen molar-refractivity contribution in [1.29, 1.82) is 0 Å². The third-order valence-corrected chi connectivity index (χ3v) is 20.6. The normalized spacial score (nSPS) is 22.4. The van der Waals surface area contributed by atoms with Crippen LogP contribution in [0.4, 0.5) is 45.5 Å². The molecule has 3 unspecified atom stereocenters. The van der Waals surface area contributed by atoms with Crippen LogP contribution < -0.4 is 31.1 Å². The first kappa shape index (κ1) is 45.6. The average molecular weight is 976 g/mol. The number of nitrogens with zero attached hydrogens (tertiary/aromatic N) is 3. The summed E-state index contributed by atoms with van der Waals surface area (Å²) in [6.07, 6.45) is 4.82. The molecule has 15 rings (SSSR count). The van der Waals surface area contributed by atoms with E-state index in [0.717, 1.165) is 6.42 Å². The van der Waals surface area contributed by atoms with E-state index in [-0.39, 0.29) is 39.3 Å². The van der Waals surface area contributed by atoms with Crippen molar-refractivity contribution in [3.8, 4) is 22.3 Å². The zero-order valence-corrected chi connectivity index (χ0v) is 46.5. The van der Waals surface area contributed by atoms with Crippen LogP contribution >= 0.6 is 0 Å². The minimum absolute atomic E-state index is 0.00759. The molecule has 1 saturated carbocycles. The molecule has 0 amide bonds. The largest absolute Gasteiger partial charge is 0.334 e. The summed E-state index contributed by atoms with van der Waals surface area (Å²) in [4.78, 5) is 8.35. The van der Waals surface area contributed by atoms with Gasteiger partial charge in [-0.25, -0.2) is 0 Å². The Morgan fingerprint density at radius 1 is 0.467 bits per heavy atom. The van der Waals surface area contributed by atoms with E-state index in [9.17, 15) is 0 Å². The number of aryl methyl sites for hydroxylation is 2. The fraction of sp³-hybridized carbons (Fsp3) is 0.324. The molecule has 8 aromatic rings. The second kappa shape index (κ2) is 14.4. The maximum Gasteiger partial charge on any atom is 0.252 e. The second-order valence-corrected chi connectivity index (χ2v) is 27.1. The third kappa shape index (κ3) is 5.54. The van der Waals surface area contributed by atoms with Gasteiger partial charge in [0.25, 0.3) is 6.71 Å². The molecule has 0 N–H and O–H groups in total. The van der Waals surface area contributed by atoms with Crippen molar-refractivity contribution in [2.45, 2.75) is 148 Å². The fourth-order valence-corrected chi connectivity index (χ4v) is 16.7. The molecule has 75 heavy (non-hydrogen) atoms. The molecule has 4 heterocycles. The lowest BCUT2D eigenvalue weighted by Crippen LogP contribution is -2.63. The van der Waals surface area contributed by atoms with Crippen molar-refractivity contribution < 1.29 is 0 Å². The smallest absolute Gasteiger partial charge is 0.252 e. The number of fused-ring (bicyclic) bond motifs is 15. The molecule has 3 aliphatic carbocycles. The SMILES string of the molecule is Cc1cc(C)c2c(c1)N(c1cc3c4c(c1)N1c5cccc6c5C(C)(c5ccccc5-6)c5cc(C(C)(C)C)cc(c51)B4c1cc(C(C)(C)C)ccc1N3c1ccc3c(c1)C(C)(C)c1ccccc1-3)C1(C)CCCCC21C. The molecule has 0 bridgehead atoms. The number of hydrogen-bond acceptors (Lipinski definition) is 3. The zero-order valence-electron chi connectivity index (χ0n) is 46.5. The van der Waals surface area contributed by atoms with E-state index >= 15 is 0 Å². The predicted octanol–water partition coefficient (Wildman–Crippen LogP) is 16.7. The van der Waals surface area contributed by atoms with Crippen molar-refractivity contribution >= 4 is 68.6 Å². The first-order valence-electron chi connectivity index (χ1n) is 28.2. The van der Waals surface area contributed by atoms with E-state index < -0.39 is 0 Å². The molecule has 4 heteroatoms. The molecule has 0 saturated heterocycles. The van der Waals surface area contributed by atoms with E-state index in [1.54, 1.807) is 5.56 Å². The van der Waals surface area contributed by atoms with Gasteiger partial charge in [0.1, 0.15) is 0 Å². The summed E-state index contributed by atoms with van der Waals surface area (Å²) in [5, 5.41) is 0. The van der Waals surface area contributed by atoms with Crippen LogP contribution in [0.15, 0.2) is 140 Å². The van der Waals surface area contributed by atoms with Gasteiger partial charge in [0, 0.05) is 56.1 Å². The Morgan fingerprint density at radius 2 is 1.12 bits per heavy atom. The summed E-state index contributed by atoms with van der Waals surface area (Å²) in [6, 6.07) is 56.2. The summed E-state index contributed by atoms with van der Waals surface area (Å²) < 4.78 is 0. The molecular formula is C71H70BN3. The van der Waals surface area contributed by atoms with Crippen molar-refractivity contribution in [2.75, 3.05) is 14.7 Å². The average Bonchev–Trinajstić information content (AvgIpc) is 3.96.